The van der Waals surface area contributed by atoms with Crippen LogP contribution in [-0.4, -0.2) is 22.1 Å². The molecule has 1 aromatic heterocycles. The van der Waals surface area contributed by atoms with Crippen molar-refractivity contribution in [3.8, 4) is 0 Å². The van der Waals surface area contributed by atoms with Crippen molar-refractivity contribution in [2.24, 2.45) is 10.4 Å². The van der Waals surface area contributed by atoms with Gasteiger partial charge in [-0.1, -0.05) is 41.1 Å². The van der Waals surface area contributed by atoms with Crippen LogP contribution in [-0.2, 0) is 4.79 Å². The van der Waals surface area contributed by atoms with E-state index in [4.69, 9.17) is 0 Å². The van der Waals surface area contributed by atoms with E-state index in [2.05, 4.69) is 25.9 Å². The minimum absolute atomic E-state index is 0.0682. The standard InChI is InChI=1S/C16H15BrN2O2S/c1-16(2)6-12(20)10(13(21)7-16)8-18-15-19-11-4-3-9(17)5-14(11)22-15/h3-5,8,20H,6-7H2,1-2H3/b18-8+. The number of hydrogen-bond acceptors (Lipinski definition) is 5. The number of aliphatic hydroxyl groups is 1. The highest BCUT2D eigenvalue weighted by atomic mass is 79.9. The van der Waals surface area contributed by atoms with Crippen LogP contribution < -0.4 is 0 Å². The predicted molar refractivity (Wildman–Crippen MR) is 93.1 cm³/mol. The van der Waals surface area contributed by atoms with E-state index in [1.165, 1.54) is 17.6 Å². The second-order valence-electron chi connectivity index (χ2n) is 6.17. The molecule has 1 aliphatic rings. The van der Waals surface area contributed by atoms with E-state index >= 15 is 0 Å². The van der Waals surface area contributed by atoms with Gasteiger partial charge < -0.3 is 5.11 Å². The van der Waals surface area contributed by atoms with Crippen LogP contribution >= 0.6 is 27.3 Å². The normalized spacial score (nSPS) is 18.6. The van der Waals surface area contributed by atoms with Crippen LogP contribution in [0.2, 0.25) is 0 Å². The summed E-state index contributed by atoms with van der Waals surface area (Å²) in [4.78, 5) is 20.8. The first kappa shape index (κ1) is 15.4. The number of allylic oxidation sites excluding steroid dienone is 2. The molecule has 0 radical (unpaired) electrons. The first-order chi connectivity index (χ1) is 10.3. The summed E-state index contributed by atoms with van der Waals surface area (Å²) in [7, 11) is 0. The molecule has 1 aromatic carbocycles. The maximum Gasteiger partial charge on any atom is 0.210 e. The minimum atomic E-state index is -0.194. The number of hydrogen-bond donors (Lipinski definition) is 1. The van der Waals surface area contributed by atoms with Crippen LogP contribution in [0, 0.1) is 5.41 Å². The van der Waals surface area contributed by atoms with E-state index in [-0.39, 0.29) is 17.0 Å². The zero-order valence-corrected chi connectivity index (χ0v) is 14.7. The zero-order valence-electron chi connectivity index (χ0n) is 12.3. The highest BCUT2D eigenvalue weighted by molar-refractivity contribution is 9.10. The van der Waals surface area contributed by atoms with Crippen LogP contribution in [0.25, 0.3) is 10.2 Å². The summed E-state index contributed by atoms with van der Waals surface area (Å²) in [6.07, 6.45) is 2.36. The number of nitrogens with zero attached hydrogens (tertiary/aromatic N) is 2. The number of aliphatic imine (C=N–C) groups is 1. The SMILES string of the molecule is CC1(C)CC(=O)C(/C=N/c2nc3ccc(Br)cc3s2)=C(O)C1. The van der Waals surface area contributed by atoms with Gasteiger partial charge in [-0.3, -0.25) is 4.79 Å². The van der Waals surface area contributed by atoms with Gasteiger partial charge in [0.25, 0.3) is 0 Å². The smallest absolute Gasteiger partial charge is 0.210 e. The maximum absolute atomic E-state index is 12.1. The lowest BCUT2D eigenvalue weighted by molar-refractivity contribution is -0.117. The van der Waals surface area contributed by atoms with Crippen LogP contribution in [0.4, 0.5) is 5.13 Å². The van der Waals surface area contributed by atoms with Crippen LogP contribution in [0.3, 0.4) is 0 Å². The fraction of sp³-hybridized carbons (Fsp3) is 0.312. The van der Waals surface area contributed by atoms with Crippen molar-refractivity contribution < 1.29 is 9.90 Å². The molecule has 114 valence electrons. The van der Waals surface area contributed by atoms with Crippen molar-refractivity contribution in [3.05, 3.63) is 34.0 Å². The molecule has 0 amide bonds. The molecule has 1 aliphatic carbocycles. The first-order valence-electron chi connectivity index (χ1n) is 6.89. The third-order valence-electron chi connectivity index (χ3n) is 3.54. The molecule has 1 heterocycles. The van der Waals surface area contributed by atoms with Gasteiger partial charge in [-0.25, -0.2) is 9.98 Å². The summed E-state index contributed by atoms with van der Waals surface area (Å²) in [5, 5.41) is 10.6. The van der Waals surface area contributed by atoms with Gasteiger partial charge in [0.2, 0.25) is 5.13 Å². The molecular weight excluding hydrogens is 364 g/mol. The van der Waals surface area contributed by atoms with Crippen LogP contribution in [0.5, 0.6) is 0 Å². The summed E-state index contributed by atoms with van der Waals surface area (Å²) in [5.41, 5.74) is 0.982. The minimum Gasteiger partial charge on any atom is -0.511 e. The largest absolute Gasteiger partial charge is 0.511 e. The summed E-state index contributed by atoms with van der Waals surface area (Å²) >= 11 is 4.87. The topological polar surface area (TPSA) is 62.5 Å². The molecule has 1 N–H and O–H groups in total. The molecule has 0 aliphatic heterocycles. The lowest BCUT2D eigenvalue weighted by Gasteiger charge is -2.28. The van der Waals surface area contributed by atoms with Gasteiger partial charge in [0.15, 0.2) is 5.78 Å². The van der Waals surface area contributed by atoms with Gasteiger partial charge in [0.1, 0.15) is 5.76 Å². The summed E-state index contributed by atoms with van der Waals surface area (Å²) in [6, 6.07) is 5.83. The number of benzene rings is 1. The number of ketones is 1. The quantitative estimate of drug-likeness (QED) is 0.750. The highest BCUT2D eigenvalue weighted by Crippen LogP contribution is 2.35. The Morgan fingerprint density at radius 1 is 1.41 bits per heavy atom. The third-order valence-corrected chi connectivity index (χ3v) is 4.96. The lowest BCUT2D eigenvalue weighted by Crippen LogP contribution is -2.26. The molecule has 0 unspecified atom stereocenters. The van der Waals surface area contributed by atoms with Crippen molar-refractivity contribution in [1.29, 1.82) is 0 Å². The van der Waals surface area contributed by atoms with E-state index in [0.717, 1.165) is 14.7 Å². The third kappa shape index (κ3) is 3.13. The molecule has 0 fully saturated rings. The number of Topliss-reactive ketones (excluding diaryl/α,β-unsaturated/α-hetero) is 1. The number of carbonyl (C=O) groups is 1. The summed E-state index contributed by atoms with van der Waals surface area (Å²) in [6.45, 7) is 3.95. The van der Waals surface area contributed by atoms with Gasteiger partial charge in [0.05, 0.1) is 15.8 Å². The number of aliphatic hydroxyl groups excluding tert-OH is 1. The Labute approximate surface area is 140 Å². The molecular formula is C16H15BrN2O2S. The maximum atomic E-state index is 12.1. The van der Waals surface area contributed by atoms with Crippen molar-refractivity contribution in [1.82, 2.24) is 4.98 Å². The number of fused-ring (bicyclic) bond motifs is 1. The molecule has 22 heavy (non-hydrogen) atoms. The van der Waals surface area contributed by atoms with E-state index in [0.29, 0.717) is 23.5 Å². The first-order valence-corrected chi connectivity index (χ1v) is 8.50. The number of aromatic nitrogens is 1. The second kappa shape index (κ2) is 5.59. The Balaban J connectivity index is 1.90. The zero-order chi connectivity index (χ0) is 15.9. The lowest BCUT2D eigenvalue weighted by atomic mass is 9.77. The number of rotatable bonds is 2. The molecule has 0 saturated carbocycles. The molecule has 0 spiro atoms. The molecule has 4 nitrogen and oxygen atoms in total. The van der Waals surface area contributed by atoms with Crippen molar-refractivity contribution >= 4 is 54.6 Å². The Hall–Kier alpha value is -1.53. The van der Waals surface area contributed by atoms with Gasteiger partial charge in [-0.2, -0.15) is 0 Å². The molecule has 0 bridgehead atoms. The van der Waals surface area contributed by atoms with Crippen LogP contribution in [0.15, 0.2) is 39.0 Å². The number of carbonyl (C=O) groups excluding carboxylic acids is 1. The molecule has 0 saturated heterocycles. The van der Waals surface area contributed by atoms with Gasteiger partial charge in [0, 0.05) is 23.5 Å². The Morgan fingerprint density at radius 2 is 2.18 bits per heavy atom. The Bertz CT molecular complexity index is 821. The van der Waals surface area contributed by atoms with E-state index in [1.54, 1.807) is 0 Å². The Morgan fingerprint density at radius 3 is 2.91 bits per heavy atom. The van der Waals surface area contributed by atoms with Gasteiger partial charge in [-0.15, -0.1) is 0 Å². The monoisotopic (exact) mass is 378 g/mol. The van der Waals surface area contributed by atoms with E-state index < -0.39 is 0 Å². The van der Waals surface area contributed by atoms with Gasteiger partial charge in [-0.05, 0) is 23.6 Å². The van der Waals surface area contributed by atoms with E-state index in [9.17, 15) is 9.90 Å². The predicted octanol–water partition coefficient (Wildman–Crippen LogP) is 4.96. The molecule has 0 atom stereocenters. The van der Waals surface area contributed by atoms with E-state index in [1.807, 2.05) is 32.0 Å². The summed E-state index contributed by atoms with van der Waals surface area (Å²) < 4.78 is 2.01. The second-order valence-corrected chi connectivity index (χ2v) is 8.09. The summed E-state index contributed by atoms with van der Waals surface area (Å²) in [5.74, 6) is 0.0511. The average Bonchev–Trinajstić information content (AvgIpc) is 2.78. The van der Waals surface area contributed by atoms with Crippen molar-refractivity contribution in [2.45, 2.75) is 26.7 Å². The van der Waals surface area contributed by atoms with Crippen molar-refractivity contribution in [2.75, 3.05) is 0 Å². The highest BCUT2D eigenvalue weighted by Gasteiger charge is 2.32. The number of halogens is 1. The fourth-order valence-corrected chi connectivity index (χ4v) is 3.87. The van der Waals surface area contributed by atoms with Crippen LogP contribution in [0.1, 0.15) is 26.7 Å². The number of thiazole rings is 1. The Kier molecular flexibility index (Phi) is 3.91. The molecule has 2 aromatic rings. The van der Waals surface area contributed by atoms with Crippen molar-refractivity contribution in [3.63, 3.8) is 0 Å². The average molecular weight is 379 g/mol. The fourth-order valence-electron chi connectivity index (χ4n) is 2.51. The van der Waals surface area contributed by atoms with Gasteiger partial charge >= 0.3 is 0 Å². The molecule has 6 heteroatoms. The molecule has 3 rings (SSSR count).